The minimum Gasteiger partial charge on any atom is -0.379 e. The Balaban J connectivity index is 1.76. The molecule has 0 bridgehead atoms. The summed E-state index contributed by atoms with van der Waals surface area (Å²) in [5.74, 6) is 0.747. The van der Waals surface area contributed by atoms with Crippen LogP contribution in [0.15, 0.2) is 36.5 Å². The quantitative estimate of drug-likeness (QED) is 0.771. The fourth-order valence-corrected chi connectivity index (χ4v) is 2.23. The molecule has 21 heavy (non-hydrogen) atoms. The minimum absolute atomic E-state index is 0.731. The van der Waals surface area contributed by atoms with Crippen LogP contribution in [0.5, 0.6) is 0 Å². The first kappa shape index (κ1) is 13.3. The minimum atomic E-state index is 0.731. The van der Waals surface area contributed by atoms with Crippen LogP contribution in [0.4, 0.5) is 5.69 Å². The van der Waals surface area contributed by atoms with Gasteiger partial charge < -0.3 is 5.32 Å². The predicted molar refractivity (Wildman–Crippen MR) is 79.5 cm³/mol. The van der Waals surface area contributed by atoms with E-state index in [0.29, 0.717) is 0 Å². The number of hydrogen-bond acceptors (Lipinski definition) is 5. The zero-order chi connectivity index (χ0) is 14.7. The molecule has 3 rings (SSSR count). The molecule has 0 aliphatic heterocycles. The van der Waals surface area contributed by atoms with E-state index in [1.807, 2.05) is 48.3 Å². The first-order valence-corrected chi connectivity index (χ1v) is 6.85. The van der Waals surface area contributed by atoms with E-state index in [2.05, 4.69) is 32.9 Å². The molecule has 3 aromatic rings. The third-order valence-corrected chi connectivity index (χ3v) is 3.32. The lowest BCUT2D eigenvalue weighted by Crippen LogP contribution is -2.07. The normalized spacial score (nSPS) is 10.8. The van der Waals surface area contributed by atoms with Crippen LogP contribution in [0.1, 0.15) is 12.6 Å². The Morgan fingerprint density at radius 3 is 2.90 bits per heavy atom. The number of aryl methyl sites for hydroxylation is 2. The molecule has 0 atom stereocenters. The summed E-state index contributed by atoms with van der Waals surface area (Å²) in [7, 11) is 1.83. The van der Waals surface area contributed by atoms with Crippen molar-refractivity contribution in [2.75, 3.05) is 5.32 Å². The number of tetrazole rings is 1. The van der Waals surface area contributed by atoms with Crippen LogP contribution in [0.25, 0.3) is 11.4 Å². The number of aromatic nitrogens is 6. The van der Waals surface area contributed by atoms with Gasteiger partial charge in [0.05, 0.1) is 12.2 Å². The molecule has 1 aromatic carbocycles. The van der Waals surface area contributed by atoms with Crippen molar-refractivity contribution in [2.45, 2.75) is 20.0 Å². The summed E-state index contributed by atoms with van der Waals surface area (Å²) < 4.78 is 3.63. The third kappa shape index (κ3) is 2.76. The number of benzene rings is 1. The average Bonchev–Trinajstić information content (AvgIpc) is 3.13. The molecule has 0 amide bonds. The summed E-state index contributed by atoms with van der Waals surface area (Å²) in [6.45, 7) is 3.68. The Bertz CT molecular complexity index is 728. The van der Waals surface area contributed by atoms with Crippen molar-refractivity contribution in [1.29, 1.82) is 0 Å². The molecule has 0 radical (unpaired) electrons. The van der Waals surface area contributed by atoms with Crippen LogP contribution < -0.4 is 5.32 Å². The Kier molecular flexibility index (Phi) is 3.63. The molecule has 0 unspecified atom stereocenters. The smallest absolute Gasteiger partial charge is 0.181 e. The summed E-state index contributed by atoms with van der Waals surface area (Å²) in [5.41, 5.74) is 3.17. The van der Waals surface area contributed by atoms with Crippen LogP contribution in [0.2, 0.25) is 0 Å². The molecular formula is C14H17N7. The van der Waals surface area contributed by atoms with E-state index in [-0.39, 0.29) is 0 Å². The molecule has 0 spiro atoms. The lowest BCUT2D eigenvalue weighted by molar-refractivity contribution is 0.627. The molecule has 2 aromatic heterocycles. The molecule has 0 saturated heterocycles. The second-order valence-corrected chi connectivity index (χ2v) is 4.70. The molecule has 108 valence electrons. The van der Waals surface area contributed by atoms with Crippen molar-refractivity contribution in [3.8, 4) is 11.4 Å². The SMILES string of the molecule is CCn1nccc1CNc1cccc(-c2nnnn2C)c1. The van der Waals surface area contributed by atoms with Crippen LogP contribution in [0.3, 0.4) is 0 Å². The molecule has 0 aliphatic carbocycles. The molecule has 7 heteroatoms. The highest BCUT2D eigenvalue weighted by Gasteiger charge is 2.06. The van der Waals surface area contributed by atoms with Crippen molar-refractivity contribution >= 4 is 5.69 Å². The fourth-order valence-electron chi connectivity index (χ4n) is 2.23. The standard InChI is InChI=1S/C14H17N7/c1-3-21-13(7-8-16-21)10-15-12-6-4-5-11(9-12)14-17-18-19-20(14)2/h4-9,15H,3,10H2,1-2H3. The number of hydrogen-bond donors (Lipinski definition) is 1. The maximum Gasteiger partial charge on any atom is 0.181 e. The van der Waals surface area contributed by atoms with Gasteiger partial charge >= 0.3 is 0 Å². The van der Waals surface area contributed by atoms with Crippen LogP contribution >= 0.6 is 0 Å². The Morgan fingerprint density at radius 1 is 1.24 bits per heavy atom. The first-order valence-electron chi connectivity index (χ1n) is 6.85. The zero-order valence-electron chi connectivity index (χ0n) is 12.1. The van der Waals surface area contributed by atoms with Crippen molar-refractivity contribution in [3.05, 3.63) is 42.2 Å². The molecule has 0 fully saturated rings. The van der Waals surface area contributed by atoms with E-state index in [1.165, 1.54) is 0 Å². The van der Waals surface area contributed by atoms with Crippen molar-refractivity contribution in [3.63, 3.8) is 0 Å². The summed E-state index contributed by atoms with van der Waals surface area (Å²) >= 11 is 0. The number of nitrogens with one attached hydrogen (secondary N) is 1. The van der Waals surface area contributed by atoms with Gasteiger partial charge in [0.25, 0.3) is 0 Å². The summed E-state index contributed by atoms with van der Waals surface area (Å²) in [5, 5.41) is 19.2. The molecule has 2 heterocycles. The molecule has 7 nitrogen and oxygen atoms in total. The lowest BCUT2D eigenvalue weighted by Gasteiger charge is -2.09. The topological polar surface area (TPSA) is 73.5 Å². The molecular weight excluding hydrogens is 266 g/mol. The molecule has 0 saturated carbocycles. The lowest BCUT2D eigenvalue weighted by atomic mass is 10.2. The van der Waals surface area contributed by atoms with Gasteiger partial charge in [0, 0.05) is 31.0 Å². The van der Waals surface area contributed by atoms with Crippen LogP contribution in [0, 0.1) is 0 Å². The second kappa shape index (κ2) is 5.74. The van der Waals surface area contributed by atoms with Gasteiger partial charge in [-0.15, -0.1) is 5.10 Å². The highest BCUT2D eigenvalue weighted by Crippen LogP contribution is 2.20. The summed E-state index contributed by atoms with van der Waals surface area (Å²) in [4.78, 5) is 0. The average molecular weight is 283 g/mol. The maximum absolute atomic E-state index is 4.26. The largest absolute Gasteiger partial charge is 0.379 e. The maximum atomic E-state index is 4.26. The summed E-state index contributed by atoms with van der Waals surface area (Å²) in [6, 6.07) is 10.1. The number of rotatable bonds is 5. The van der Waals surface area contributed by atoms with Gasteiger partial charge in [-0.2, -0.15) is 5.10 Å². The van der Waals surface area contributed by atoms with Gasteiger partial charge in [0.2, 0.25) is 0 Å². The number of nitrogens with zero attached hydrogens (tertiary/aromatic N) is 6. The first-order chi connectivity index (χ1) is 10.3. The molecule has 0 aliphatic rings. The third-order valence-electron chi connectivity index (χ3n) is 3.32. The van der Waals surface area contributed by atoms with Crippen molar-refractivity contribution < 1.29 is 0 Å². The Hall–Kier alpha value is -2.70. The van der Waals surface area contributed by atoms with Gasteiger partial charge in [0.1, 0.15) is 0 Å². The number of anilines is 1. The van der Waals surface area contributed by atoms with Gasteiger partial charge in [-0.1, -0.05) is 12.1 Å². The zero-order valence-corrected chi connectivity index (χ0v) is 12.1. The molecule has 1 N–H and O–H groups in total. The van der Waals surface area contributed by atoms with Crippen LogP contribution in [-0.4, -0.2) is 30.0 Å². The monoisotopic (exact) mass is 283 g/mol. The highest BCUT2D eigenvalue weighted by molar-refractivity contribution is 5.62. The van der Waals surface area contributed by atoms with E-state index in [0.717, 1.165) is 35.9 Å². The second-order valence-electron chi connectivity index (χ2n) is 4.70. The van der Waals surface area contributed by atoms with E-state index >= 15 is 0 Å². The summed E-state index contributed by atoms with van der Waals surface area (Å²) in [6.07, 6.45) is 1.82. The van der Waals surface area contributed by atoms with Crippen LogP contribution in [-0.2, 0) is 20.1 Å². The van der Waals surface area contributed by atoms with E-state index in [1.54, 1.807) is 4.68 Å². The van der Waals surface area contributed by atoms with Gasteiger partial charge in [-0.3, -0.25) is 4.68 Å². The van der Waals surface area contributed by atoms with Gasteiger partial charge in [-0.25, -0.2) is 4.68 Å². The highest BCUT2D eigenvalue weighted by atomic mass is 15.5. The van der Waals surface area contributed by atoms with Gasteiger partial charge in [-0.05, 0) is 35.5 Å². The predicted octanol–water partition coefficient (Wildman–Crippen LogP) is 1.71. The fraction of sp³-hybridized carbons (Fsp3) is 0.286. The van der Waals surface area contributed by atoms with Crippen molar-refractivity contribution in [2.24, 2.45) is 7.05 Å². The van der Waals surface area contributed by atoms with E-state index in [4.69, 9.17) is 0 Å². The Morgan fingerprint density at radius 2 is 2.14 bits per heavy atom. The van der Waals surface area contributed by atoms with E-state index in [9.17, 15) is 0 Å². The van der Waals surface area contributed by atoms with Gasteiger partial charge in [0.15, 0.2) is 5.82 Å². The Labute approximate surface area is 122 Å². The van der Waals surface area contributed by atoms with E-state index < -0.39 is 0 Å². The van der Waals surface area contributed by atoms with Crippen molar-refractivity contribution in [1.82, 2.24) is 30.0 Å².